The first-order valence-electron chi connectivity index (χ1n) is 7.37. The molecule has 3 N–H and O–H groups in total. The third-order valence-corrected chi connectivity index (χ3v) is 3.66. The smallest absolute Gasteiger partial charge is 0.119 e. The fourth-order valence-electron chi connectivity index (χ4n) is 2.48. The Kier molecular flexibility index (Phi) is 5.36. The molecule has 5 nitrogen and oxygen atoms in total. The predicted octanol–water partition coefficient (Wildman–Crippen LogP) is 2.22. The maximum Gasteiger partial charge on any atom is 0.119 e. The van der Waals surface area contributed by atoms with Gasteiger partial charge in [0.2, 0.25) is 0 Å². The van der Waals surface area contributed by atoms with E-state index in [0.29, 0.717) is 0 Å². The van der Waals surface area contributed by atoms with Gasteiger partial charge in [0.15, 0.2) is 0 Å². The molecule has 0 aliphatic rings. The Morgan fingerprint density at radius 1 is 1.33 bits per heavy atom. The van der Waals surface area contributed by atoms with Crippen LogP contribution in [0.5, 0.6) is 5.75 Å². The molecule has 0 saturated heterocycles. The summed E-state index contributed by atoms with van der Waals surface area (Å²) in [5, 5.41) is 4.59. The van der Waals surface area contributed by atoms with Crippen LogP contribution in [0.15, 0.2) is 30.3 Å². The normalized spacial score (nSPS) is 12.4. The van der Waals surface area contributed by atoms with E-state index in [1.54, 1.807) is 7.11 Å². The van der Waals surface area contributed by atoms with Gasteiger partial charge >= 0.3 is 0 Å². The van der Waals surface area contributed by atoms with E-state index in [1.165, 1.54) is 5.56 Å². The fraction of sp³-hybridized carbons (Fsp3) is 0.438. The molecule has 1 heterocycles. The highest BCUT2D eigenvalue weighted by atomic mass is 16.5. The lowest BCUT2D eigenvalue weighted by Crippen LogP contribution is -2.31. The first-order valence-corrected chi connectivity index (χ1v) is 7.37. The van der Waals surface area contributed by atoms with Crippen LogP contribution in [0.4, 0.5) is 0 Å². The topological polar surface area (TPSA) is 65.1 Å². The zero-order valence-electron chi connectivity index (χ0n) is 13.0. The van der Waals surface area contributed by atoms with Gasteiger partial charge in [0.25, 0.3) is 0 Å². The van der Waals surface area contributed by atoms with E-state index < -0.39 is 0 Å². The van der Waals surface area contributed by atoms with Gasteiger partial charge in [0, 0.05) is 6.54 Å². The Bertz CT molecular complexity index is 579. The molecule has 1 unspecified atom stereocenters. The summed E-state index contributed by atoms with van der Waals surface area (Å²) in [5.74, 6) is 6.64. The van der Waals surface area contributed by atoms with Crippen molar-refractivity contribution in [2.24, 2.45) is 5.84 Å². The van der Waals surface area contributed by atoms with Crippen LogP contribution < -0.4 is 16.0 Å². The molecule has 0 aliphatic carbocycles. The molecular formula is C16H24N4O. The van der Waals surface area contributed by atoms with E-state index in [2.05, 4.69) is 36.5 Å². The summed E-state index contributed by atoms with van der Waals surface area (Å²) in [6, 6.07) is 10.2. The minimum Gasteiger partial charge on any atom is -0.497 e. The van der Waals surface area contributed by atoms with Crippen molar-refractivity contribution in [3.05, 3.63) is 47.3 Å². The Labute approximate surface area is 126 Å². The summed E-state index contributed by atoms with van der Waals surface area (Å²) in [4.78, 5) is 0. The molecule has 0 aliphatic heterocycles. The van der Waals surface area contributed by atoms with Crippen molar-refractivity contribution in [1.29, 1.82) is 0 Å². The molecule has 2 aromatic rings. The van der Waals surface area contributed by atoms with Gasteiger partial charge in [-0.25, -0.2) is 0 Å². The lowest BCUT2D eigenvalue weighted by Gasteiger charge is -2.17. The molecule has 1 aromatic carbocycles. The van der Waals surface area contributed by atoms with E-state index in [0.717, 1.165) is 36.5 Å². The zero-order valence-corrected chi connectivity index (χ0v) is 13.0. The van der Waals surface area contributed by atoms with Crippen LogP contribution in [-0.2, 0) is 19.4 Å². The van der Waals surface area contributed by atoms with Crippen molar-refractivity contribution >= 4 is 0 Å². The number of nitrogens with one attached hydrogen (secondary N) is 1. The number of rotatable bonds is 7. The number of aryl methyl sites for hydroxylation is 2. The third kappa shape index (κ3) is 3.62. The second kappa shape index (κ2) is 7.24. The number of benzene rings is 1. The van der Waals surface area contributed by atoms with Crippen LogP contribution in [0, 0.1) is 0 Å². The quantitative estimate of drug-likeness (QED) is 0.605. The molecule has 0 fully saturated rings. The number of hydrazine groups is 1. The molecular weight excluding hydrogens is 264 g/mol. The number of ether oxygens (including phenoxy) is 1. The number of hydrogen-bond donors (Lipinski definition) is 2. The maximum absolute atomic E-state index is 5.78. The SMILES string of the molecule is CCc1cc(C(Cc2cccc(OC)c2)NN)n(CC)n1. The lowest BCUT2D eigenvalue weighted by atomic mass is 10.0. The van der Waals surface area contributed by atoms with Crippen LogP contribution in [0.1, 0.15) is 36.8 Å². The van der Waals surface area contributed by atoms with Crippen molar-refractivity contribution in [2.75, 3.05) is 7.11 Å². The van der Waals surface area contributed by atoms with Gasteiger partial charge in [0.1, 0.15) is 5.75 Å². The zero-order chi connectivity index (χ0) is 15.2. The summed E-state index contributed by atoms with van der Waals surface area (Å²) in [5.41, 5.74) is 6.31. The van der Waals surface area contributed by atoms with Crippen molar-refractivity contribution in [3.8, 4) is 5.75 Å². The van der Waals surface area contributed by atoms with E-state index in [9.17, 15) is 0 Å². The summed E-state index contributed by atoms with van der Waals surface area (Å²) in [6.45, 7) is 5.04. The average Bonchev–Trinajstić information content (AvgIpc) is 2.96. The van der Waals surface area contributed by atoms with Gasteiger partial charge in [-0.3, -0.25) is 16.0 Å². The van der Waals surface area contributed by atoms with Crippen molar-refractivity contribution < 1.29 is 4.74 Å². The molecule has 2 rings (SSSR count). The van der Waals surface area contributed by atoms with Crippen LogP contribution in [0.3, 0.4) is 0 Å². The second-order valence-corrected chi connectivity index (χ2v) is 5.00. The highest BCUT2D eigenvalue weighted by Gasteiger charge is 2.17. The molecule has 1 aromatic heterocycles. The van der Waals surface area contributed by atoms with Gasteiger partial charge in [-0.05, 0) is 43.5 Å². The molecule has 0 amide bonds. The van der Waals surface area contributed by atoms with Crippen molar-refractivity contribution in [3.63, 3.8) is 0 Å². The standard InChI is InChI=1S/C16H24N4O/c1-4-13-11-16(20(5-2)19-13)15(18-17)10-12-7-6-8-14(9-12)21-3/h6-9,11,15,18H,4-5,10,17H2,1-3H3. The highest BCUT2D eigenvalue weighted by Crippen LogP contribution is 2.22. The average molecular weight is 288 g/mol. The molecule has 0 radical (unpaired) electrons. The van der Waals surface area contributed by atoms with E-state index in [-0.39, 0.29) is 6.04 Å². The van der Waals surface area contributed by atoms with Crippen LogP contribution >= 0.6 is 0 Å². The second-order valence-electron chi connectivity index (χ2n) is 5.00. The molecule has 21 heavy (non-hydrogen) atoms. The van der Waals surface area contributed by atoms with Crippen LogP contribution in [-0.4, -0.2) is 16.9 Å². The first-order chi connectivity index (χ1) is 10.2. The van der Waals surface area contributed by atoms with Gasteiger partial charge in [-0.1, -0.05) is 19.1 Å². The number of nitrogens with zero attached hydrogens (tertiary/aromatic N) is 2. The fourth-order valence-corrected chi connectivity index (χ4v) is 2.48. The lowest BCUT2D eigenvalue weighted by molar-refractivity contribution is 0.413. The summed E-state index contributed by atoms with van der Waals surface area (Å²) < 4.78 is 7.29. The van der Waals surface area contributed by atoms with Gasteiger partial charge < -0.3 is 4.74 Å². The molecule has 114 valence electrons. The van der Waals surface area contributed by atoms with Crippen molar-refractivity contribution in [2.45, 2.75) is 39.3 Å². The van der Waals surface area contributed by atoms with Crippen LogP contribution in [0.2, 0.25) is 0 Å². The number of nitrogens with two attached hydrogens (primary N) is 1. The summed E-state index contributed by atoms with van der Waals surface area (Å²) >= 11 is 0. The van der Waals surface area contributed by atoms with Crippen LogP contribution in [0.25, 0.3) is 0 Å². The Balaban J connectivity index is 2.24. The predicted molar refractivity (Wildman–Crippen MR) is 84.0 cm³/mol. The minimum atomic E-state index is 0.0323. The van der Waals surface area contributed by atoms with Crippen molar-refractivity contribution in [1.82, 2.24) is 15.2 Å². The highest BCUT2D eigenvalue weighted by molar-refractivity contribution is 5.30. The maximum atomic E-state index is 5.78. The number of hydrogen-bond acceptors (Lipinski definition) is 4. The van der Waals surface area contributed by atoms with Gasteiger partial charge in [-0.15, -0.1) is 0 Å². The molecule has 0 spiro atoms. The van der Waals surface area contributed by atoms with E-state index >= 15 is 0 Å². The Morgan fingerprint density at radius 3 is 2.76 bits per heavy atom. The summed E-state index contributed by atoms with van der Waals surface area (Å²) in [7, 11) is 1.68. The third-order valence-electron chi connectivity index (χ3n) is 3.66. The number of methoxy groups -OCH3 is 1. The Hall–Kier alpha value is -1.85. The summed E-state index contributed by atoms with van der Waals surface area (Å²) in [6.07, 6.45) is 1.72. The van der Waals surface area contributed by atoms with Gasteiger partial charge in [-0.2, -0.15) is 5.10 Å². The van der Waals surface area contributed by atoms with E-state index in [4.69, 9.17) is 10.6 Å². The largest absolute Gasteiger partial charge is 0.497 e. The molecule has 1 atom stereocenters. The molecule has 0 bridgehead atoms. The first kappa shape index (κ1) is 15.5. The van der Waals surface area contributed by atoms with Gasteiger partial charge in [0.05, 0.1) is 24.5 Å². The Morgan fingerprint density at radius 2 is 2.14 bits per heavy atom. The molecule has 0 saturated carbocycles. The molecule has 5 heteroatoms. The minimum absolute atomic E-state index is 0.0323. The van der Waals surface area contributed by atoms with E-state index in [1.807, 2.05) is 22.9 Å². The number of aromatic nitrogens is 2. The monoisotopic (exact) mass is 288 g/mol.